The summed E-state index contributed by atoms with van der Waals surface area (Å²) in [5.74, 6) is -0.270. The van der Waals surface area contributed by atoms with Crippen LogP contribution in [0.3, 0.4) is 0 Å². The highest BCUT2D eigenvalue weighted by molar-refractivity contribution is 8.27. The largest absolute Gasteiger partial charge is 0.395 e. The summed E-state index contributed by atoms with van der Waals surface area (Å²) in [7, 11) is 1.74. The average molecular weight is 549 g/mol. The molecule has 4 heterocycles. The van der Waals surface area contributed by atoms with Gasteiger partial charge in [-0.25, -0.2) is 9.67 Å². The van der Waals surface area contributed by atoms with Crippen molar-refractivity contribution in [3.63, 3.8) is 0 Å². The summed E-state index contributed by atoms with van der Waals surface area (Å²) < 4.78 is 4.74. The molecular formula is C26H24N6O4S2. The van der Waals surface area contributed by atoms with E-state index in [9.17, 15) is 19.5 Å². The standard InChI is InChI=1S/C26H24N6O4S2/c1-15-9-10-20-28-22(27-11-12-33)18(23(34)30(20)14-15)13-19-24(35)31(26(37)38-19)21-16(2)29(3)32(25(21)36)17-7-5-4-6-8-17/h4-10,13-14,27,33H,11-12H2,1-3H3. The number of rotatable bonds is 6. The fourth-order valence-corrected chi connectivity index (χ4v) is 5.55. The van der Waals surface area contributed by atoms with Gasteiger partial charge >= 0.3 is 0 Å². The second-order valence-electron chi connectivity index (χ2n) is 8.69. The van der Waals surface area contributed by atoms with E-state index >= 15 is 0 Å². The number of pyridine rings is 1. The lowest BCUT2D eigenvalue weighted by Crippen LogP contribution is -2.33. The Labute approximate surface area is 226 Å². The Bertz CT molecular complexity index is 1750. The molecule has 3 aromatic heterocycles. The number of fused-ring (bicyclic) bond motifs is 1. The van der Waals surface area contributed by atoms with Crippen LogP contribution in [-0.4, -0.2) is 47.2 Å². The monoisotopic (exact) mass is 548 g/mol. The highest BCUT2D eigenvalue weighted by atomic mass is 32.2. The van der Waals surface area contributed by atoms with E-state index in [1.165, 1.54) is 20.1 Å². The van der Waals surface area contributed by atoms with Crippen LogP contribution in [0, 0.1) is 13.8 Å². The molecular weight excluding hydrogens is 524 g/mol. The van der Waals surface area contributed by atoms with Gasteiger partial charge in [0.05, 0.1) is 28.5 Å². The number of aliphatic hydroxyl groups excluding tert-OH is 1. The number of carbonyl (C=O) groups is 1. The van der Waals surface area contributed by atoms with Gasteiger partial charge in [0, 0.05) is 19.8 Å². The second kappa shape index (κ2) is 10.0. The zero-order valence-corrected chi connectivity index (χ0v) is 22.5. The van der Waals surface area contributed by atoms with E-state index in [-0.39, 0.29) is 50.6 Å². The number of aliphatic hydroxyl groups is 1. The highest BCUT2D eigenvalue weighted by Crippen LogP contribution is 2.36. The molecule has 0 atom stereocenters. The lowest BCUT2D eigenvalue weighted by molar-refractivity contribution is -0.113. The fraction of sp³-hybridized carbons (Fsp3) is 0.192. The normalized spacial score (nSPS) is 14.7. The van der Waals surface area contributed by atoms with Crippen LogP contribution in [0.1, 0.15) is 16.8 Å². The average Bonchev–Trinajstić information content (AvgIpc) is 3.30. The topological polar surface area (TPSA) is 114 Å². The minimum atomic E-state index is -0.507. The number of benzene rings is 1. The predicted molar refractivity (Wildman–Crippen MR) is 153 cm³/mol. The van der Waals surface area contributed by atoms with Gasteiger partial charge in [-0.2, -0.15) is 0 Å². The number of amides is 1. The van der Waals surface area contributed by atoms with Crippen LogP contribution in [0.5, 0.6) is 0 Å². The molecule has 1 saturated heterocycles. The molecule has 0 saturated carbocycles. The van der Waals surface area contributed by atoms with E-state index in [4.69, 9.17) is 12.2 Å². The minimum Gasteiger partial charge on any atom is -0.395 e. The number of para-hydroxylation sites is 1. The number of nitrogens with zero attached hydrogens (tertiary/aromatic N) is 5. The van der Waals surface area contributed by atoms with Crippen molar-refractivity contribution in [1.29, 1.82) is 0 Å². The van der Waals surface area contributed by atoms with Crippen molar-refractivity contribution in [2.24, 2.45) is 7.05 Å². The first-order chi connectivity index (χ1) is 18.2. The maximum Gasteiger partial charge on any atom is 0.296 e. The van der Waals surface area contributed by atoms with Gasteiger partial charge in [-0.15, -0.1) is 0 Å². The summed E-state index contributed by atoms with van der Waals surface area (Å²) in [5, 5.41) is 12.3. The Morgan fingerprint density at radius 2 is 1.82 bits per heavy atom. The van der Waals surface area contributed by atoms with Gasteiger partial charge in [-0.1, -0.05) is 48.2 Å². The number of nitrogens with one attached hydrogen (secondary N) is 1. The number of anilines is 2. The molecule has 0 spiro atoms. The molecule has 1 aromatic carbocycles. The van der Waals surface area contributed by atoms with Gasteiger partial charge in [0.2, 0.25) is 0 Å². The third kappa shape index (κ3) is 4.26. The smallest absolute Gasteiger partial charge is 0.296 e. The molecule has 5 rings (SSSR count). The van der Waals surface area contributed by atoms with Gasteiger partial charge in [0.1, 0.15) is 17.2 Å². The van der Waals surface area contributed by atoms with E-state index in [2.05, 4.69) is 10.3 Å². The Morgan fingerprint density at radius 1 is 1.08 bits per heavy atom. The number of aromatic nitrogens is 4. The summed E-state index contributed by atoms with van der Waals surface area (Å²) in [4.78, 5) is 46.6. The molecule has 0 unspecified atom stereocenters. The van der Waals surface area contributed by atoms with E-state index in [1.807, 2.05) is 31.2 Å². The van der Waals surface area contributed by atoms with Crippen molar-refractivity contribution in [2.75, 3.05) is 23.4 Å². The first kappa shape index (κ1) is 25.6. The molecule has 0 radical (unpaired) electrons. The van der Waals surface area contributed by atoms with Crippen LogP contribution in [0.15, 0.2) is 63.2 Å². The Kier molecular flexibility index (Phi) is 6.78. The van der Waals surface area contributed by atoms with Gasteiger partial charge in [0.15, 0.2) is 4.32 Å². The van der Waals surface area contributed by atoms with Crippen LogP contribution in [0.4, 0.5) is 11.5 Å². The molecule has 1 aliphatic heterocycles. The van der Waals surface area contributed by atoms with E-state index < -0.39 is 5.91 Å². The molecule has 0 aliphatic carbocycles. The van der Waals surface area contributed by atoms with Gasteiger partial charge < -0.3 is 10.4 Å². The van der Waals surface area contributed by atoms with Gasteiger partial charge in [0.25, 0.3) is 17.0 Å². The van der Waals surface area contributed by atoms with Crippen molar-refractivity contribution >= 4 is 57.4 Å². The molecule has 4 aromatic rings. The number of hydrogen-bond donors (Lipinski definition) is 2. The lowest BCUT2D eigenvalue weighted by Gasteiger charge is -2.12. The first-order valence-electron chi connectivity index (χ1n) is 11.7. The van der Waals surface area contributed by atoms with Crippen molar-refractivity contribution in [3.8, 4) is 5.69 Å². The molecule has 1 fully saturated rings. The molecule has 10 nitrogen and oxygen atoms in total. The van der Waals surface area contributed by atoms with Crippen molar-refractivity contribution in [1.82, 2.24) is 18.7 Å². The summed E-state index contributed by atoms with van der Waals surface area (Å²) in [6.45, 7) is 3.60. The summed E-state index contributed by atoms with van der Waals surface area (Å²) in [5.41, 5.74) is 2.04. The molecule has 38 heavy (non-hydrogen) atoms. The molecule has 1 aliphatic rings. The number of hydrogen-bond acceptors (Lipinski definition) is 8. The van der Waals surface area contributed by atoms with Crippen molar-refractivity contribution < 1.29 is 9.90 Å². The van der Waals surface area contributed by atoms with Crippen LogP contribution in [-0.2, 0) is 11.8 Å². The number of thiocarbonyl (C=S) groups is 1. The predicted octanol–water partition coefficient (Wildman–Crippen LogP) is 2.61. The SMILES string of the molecule is Cc1ccc2nc(NCCO)c(C=C3SC(=S)N(c4c(C)n(C)n(-c5ccccc5)c4=O)C3=O)c(=O)n2c1. The maximum atomic E-state index is 13.6. The molecule has 0 bridgehead atoms. The van der Waals surface area contributed by atoms with Crippen LogP contribution in [0.2, 0.25) is 0 Å². The van der Waals surface area contributed by atoms with E-state index in [0.29, 0.717) is 17.0 Å². The summed E-state index contributed by atoms with van der Waals surface area (Å²) in [6, 6.07) is 12.7. The summed E-state index contributed by atoms with van der Waals surface area (Å²) in [6.07, 6.45) is 3.11. The van der Waals surface area contributed by atoms with E-state index in [1.54, 1.807) is 43.0 Å². The summed E-state index contributed by atoms with van der Waals surface area (Å²) >= 11 is 6.54. The molecule has 1 amide bonds. The third-order valence-electron chi connectivity index (χ3n) is 6.23. The third-order valence-corrected chi connectivity index (χ3v) is 7.53. The van der Waals surface area contributed by atoms with E-state index in [0.717, 1.165) is 17.3 Å². The zero-order valence-electron chi connectivity index (χ0n) is 20.8. The quantitative estimate of drug-likeness (QED) is 0.279. The van der Waals surface area contributed by atoms with Crippen molar-refractivity contribution in [2.45, 2.75) is 13.8 Å². The minimum absolute atomic E-state index is 0.147. The lowest BCUT2D eigenvalue weighted by atomic mass is 10.2. The molecule has 2 N–H and O–H groups in total. The number of carbonyl (C=O) groups excluding carboxylic acids is 1. The first-order valence-corrected chi connectivity index (χ1v) is 12.9. The van der Waals surface area contributed by atoms with Crippen LogP contribution < -0.4 is 21.3 Å². The van der Waals surface area contributed by atoms with Crippen LogP contribution in [0.25, 0.3) is 17.4 Å². The van der Waals surface area contributed by atoms with Gasteiger partial charge in [-0.05, 0) is 43.7 Å². The maximum absolute atomic E-state index is 13.6. The van der Waals surface area contributed by atoms with Crippen LogP contribution >= 0.6 is 24.0 Å². The Morgan fingerprint density at radius 3 is 2.53 bits per heavy atom. The number of thioether (sulfide) groups is 1. The number of aryl methyl sites for hydroxylation is 1. The highest BCUT2D eigenvalue weighted by Gasteiger charge is 2.38. The molecule has 12 heteroatoms. The van der Waals surface area contributed by atoms with Crippen molar-refractivity contribution in [3.05, 3.63) is 91.1 Å². The van der Waals surface area contributed by atoms with Gasteiger partial charge in [-0.3, -0.25) is 28.4 Å². The fourth-order valence-electron chi connectivity index (χ4n) is 4.30. The second-order valence-corrected chi connectivity index (χ2v) is 10.4. The zero-order chi connectivity index (χ0) is 27.1. The molecule has 194 valence electrons. The Hall–Kier alpha value is -4.00. The Balaban J connectivity index is 1.62.